The molecule has 2 aromatic rings. The first-order valence-corrected chi connectivity index (χ1v) is 7.15. The molecule has 2 N–H and O–H groups in total. The first-order chi connectivity index (χ1) is 9.70. The maximum Gasteiger partial charge on any atom is 0.125 e. The SMILES string of the molecule is CCn1ccnc1C(C)N[C@H]1C[C@@H](O)[C@@H]1n1cccn1. The van der Waals surface area contributed by atoms with Crippen molar-refractivity contribution in [3.05, 3.63) is 36.7 Å². The van der Waals surface area contributed by atoms with E-state index in [0.717, 1.165) is 18.8 Å². The van der Waals surface area contributed by atoms with Crippen molar-refractivity contribution in [3.8, 4) is 0 Å². The van der Waals surface area contributed by atoms with Crippen LogP contribution in [0.3, 0.4) is 0 Å². The minimum absolute atomic E-state index is 0.0116. The van der Waals surface area contributed by atoms with Crippen molar-refractivity contribution in [2.45, 2.75) is 51.0 Å². The Morgan fingerprint density at radius 2 is 2.30 bits per heavy atom. The largest absolute Gasteiger partial charge is 0.391 e. The molecule has 0 aromatic carbocycles. The number of nitrogens with zero attached hydrogens (tertiary/aromatic N) is 4. The van der Waals surface area contributed by atoms with E-state index in [0.29, 0.717) is 0 Å². The molecule has 4 atom stereocenters. The number of aryl methyl sites for hydroxylation is 1. The van der Waals surface area contributed by atoms with Gasteiger partial charge in [0.2, 0.25) is 0 Å². The van der Waals surface area contributed by atoms with Gasteiger partial charge in [-0.05, 0) is 26.3 Å². The van der Waals surface area contributed by atoms with Crippen LogP contribution in [0.5, 0.6) is 0 Å². The minimum Gasteiger partial charge on any atom is -0.391 e. The molecule has 0 saturated heterocycles. The Labute approximate surface area is 118 Å². The highest BCUT2D eigenvalue weighted by Crippen LogP contribution is 2.33. The van der Waals surface area contributed by atoms with Crippen LogP contribution in [0.2, 0.25) is 0 Å². The molecular formula is C14H21N5O. The lowest BCUT2D eigenvalue weighted by atomic mass is 9.82. The van der Waals surface area contributed by atoms with Gasteiger partial charge in [-0.2, -0.15) is 5.10 Å². The Morgan fingerprint density at radius 3 is 2.95 bits per heavy atom. The molecule has 0 amide bonds. The summed E-state index contributed by atoms with van der Waals surface area (Å²) in [6.07, 6.45) is 7.90. The highest BCUT2D eigenvalue weighted by molar-refractivity contribution is 5.04. The first kappa shape index (κ1) is 13.3. The Bertz CT molecular complexity index is 550. The van der Waals surface area contributed by atoms with Crippen molar-refractivity contribution in [1.29, 1.82) is 0 Å². The molecule has 0 bridgehead atoms. The van der Waals surface area contributed by atoms with Crippen LogP contribution in [0.15, 0.2) is 30.9 Å². The monoisotopic (exact) mass is 275 g/mol. The molecule has 20 heavy (non-hydrogen) atoms. The summed E-state index contributed by atoms with van der Waals surface area (Å²) in [5.41, 5.74) is 0. The predicted molar refractivity (Wildman–Crippen MR) is 75.1 cm³/mol. The zero-order valence-corrected chi connectivity index (χ0v) is 11.8. The Kier molecular flexibility index (Phi) is 3.58. The molecule has 1 unspecified atom stereocenters. The maximum absolute atomic E-state index is 9.97. The van der Waals surface area contributed by atoms with Crippen molar-refractivity contribution in [2.75, 3.05) is 0 Å². The lowest BCUT2D eigenvalue weighted by Gasteiger charge is -2.43. The number of imidazole rings is 1. The minimum atomic E-state index is -0.328. The number of nitrogens with one attached hydrogen (secondary N) is 1. The fourth-order valence-corrected chi connectivity index (χ4v) is 2.96. The van der Waals surface area contributed by atoms with Gasteiger partial charge in [0, 0.05) is 37.4 Å². The second-order valence-corrected chi connectivity index (χ2v) is 5.35. The summed E-state index contributed by atoms with van der Waals surface area (Å²) in [4.78, 5) is 4.42. The van der Waals surface area contributed by atoms with Gasteiger partial charge in [0.15, 0.2) is 0 Å². The quantitative estimate of drug-likeness (QED) is 0.858. The number of aliphatic hydroxyl groups is 1. The molecular weight excluding hydrogens is 254 g/mol. The summed E-state index contributed by atoms with van der Waals surface area (Å²) in [6.45, 7) is 5.13. The zero-order valence-electron chi connectivity index (χ0n) is 11.8. The van der Waals surface area contributed by atoms with Crippen molar-refractivity contribution in [3.63, 3.8) is 0 Å². The Hall–Kier alpha value is -1.66. The van der Waals surface area contributed by atoms with Crippen molar-refractivity contribution in [2.24, 2.45) is 0 Å². The molecule has 1 fully saturated rings. The normalized spacial score (nSPS) is 27.2. The van der Waals surface area contributed by atoms with Gasteiger partial charge in [0.05, 0.1) is 18.2 Å². The zero-order chi connectivity index (χ0) is 14.1. The molecule has 1 aliphatic carbocycles. The van der Waals surface area contributed by atoms with E-state index in [1.165, 1.54) is 0 Å². The average Bonchev–Trinajstić information content (AvgIpc) is 3.07. The van der Waals surface area contributed by atoms with Crippen LogP contribution >= 0.6 is 0 Å². The van der Waals surface area contributed by atoms with E-state index in [9.17, 15) is 5.11 Å². The Morgan fingerprint density at radius 1 is 1.45 bits per heavy atom. The highest BCUT2D eigenvalue weighted by atomic mass is 16.3. The Balaban J connectivity index is 1.69. The lowest BCUT2D eigenvalue weighted by molar-refractivity contribution is -0.0115. The fraction of sp³-hybridized carbons (Fsp3) is 0.571. The first-order valence-electron chi connectivity index (χ1n) is 7.15. The summed E-state index contributed by atoms with van der Waals surface area (Å²) in [7, 11) is 0. The van der Waals surface area contributed by atoms with Crippen LogP contribution in [0.1, 0.15) is 38.2 Å². The van der Waals surface area contributed by atoms with Crippen LogP contribution in [0.25, 0.3) is 0 Å². The topological polar surface area (TPSA) is 67.9 Å². The molecule has 3 rings (SSSR count). The van der Waals surface area contributed by atoms with E-state index in [1.807, 2.05) is 29.3 Å². The van der Waals surface area contributed by atoms with Gasteiger partial charge in [-0.15, -0.1) is 0 Å². The smallest absolute Gasteiger partial charge is 0.125 e. The second kappa shape index (κ2) is 5.38. The number of hydrogen-bond donors (Lipinski definition) is 2. The molecule has 0 aliphatic heterocycles. The molecule has 6 nitrogen and oxygen atoms in total. The standard InChI is InChI=1S/C14H21N5O/c1-3-18-8-6-15-14(18)10(2)17-11-9-12(20)13(11)19-7-4-5-16-19/h4-8,10-13,17,20H,3,9H2,1-2H3/t10?,11-,12+,13+/m0/s1. The molecule has 2 aromatic heterocycles. The number of aromatic nitrogens is 4. The predicted octanol–water partition coefficient (Wildman–Crippen LogP) is 1.12. The number of aliphatic hydroxyl groups excluding tert-OH is 1. The fourth-order valence-electron chi connectivity index (χ4n) is 2.96. The molecule has 0 spiro atoms. The van der Waals surface area contributed by atoms with Gasteiger partial charge in [-0.3, -0.25) is 4.68 Å². The van der Waals surface area contributed by atoms with E-state index in [-0.39, 0.29) is 24.2 Å². The third-order valence-corrected chi connectivity index (χ3v) is 4.07. The molecule has 2 heterocycles. The third kappa shape index (κ3) is 2.25. The summed E-state index contributed by atoms with van der Waals surface area (Å²) in [6, 6.07) is 2.27. The molecule has 108 valence electrons. The van der Waals surface area contributed by atoms with Crippen molar-refractivity contribution >= 4 is 0 Å². The van der Waals surface area contributed by atoms with Crippen LogP contribution in [-0.2, 0) is 6.54 Å². The second-order valence-electron chi connectivity index (χ2n) is 5.35. The molecule has 0 radical (unpaired) electrons. The van der Waals surface area contributed by atoms with Gasteiger partial charge in [0.1, 0.15) is 5.82 Å². The summed E-state index contributed by atoms with van der Waals surface area (Å²) in [5, 5.41) is 17.8. The van der Waals surface area contributed by atoms with Crippen molar-refractivity contribution in [1.82, 2.24) is 24.6 Å². The van der Waals surface area contributed by atoms with Crippen LogP contribution in [0.4, 0.5) is 0 Å². The van der Waals surface area contributed by atoms with E-state index < -0.39 is 0 Å². The van der Waals surface area contributed by atoms with Crippen LogP contribution in [0, 0.1) is 0 Å². The summed E-state index contributed by atoms with van der Waals surface area (Å²) in [5.74, 6) is 1.04. The highest BCUT2D eigenvalue weighted by Gasteiger charge is 2.42. The van der Waals surface area contributed by atoms with Gasteiger partial charge in [0.25, 0.3) is 0 Å². The van der Waals surface area contributed by atoms with E-state index in [2.05, 4.69) is 33.8 Å². The van der Waals surface area contributed by atoms with Gasteiger partial charge in [-0.1, -0.05) is 0 Å². The molecule has 6 heteroatoms. The van der Waals surface area contributed by atoms with E-state index in [1.54, 1.807) is 6.20 Å². The number of rotatable bonds is 5. The van der Waals surface area contributed by atoms with Crippen molar-refractivity contribution < 1.29 is 5.11 Å². The summed E-state index contributed by atoms with van der Waals surface area (Å²) < 4.78 is 3.97. The van der Waals surface area contributed by atoms with Gasteiger partial charge >= 0.3 is 0 Å². The number of hydrogen-bond acceptors (Lipinski definition) is 4. The molecule has 1 aliphatic rings. The lowest BCUT2D eigenvalue weighted by Crippen LogP contribution is -2.55. The van der Waals surface area contributed by atoms with Crippen LogP contribution < -0.4 is 5.32 Å². The van der Waals surface area contributed by atoms with Gasteiger partial charge in [-0.25, -0.2) is 4.98 Å². The molecule has 1 saturated carbocycles. The van der Waals surface area contributed by atoms with Gasteiger partial charge < -0.3 is 15.0 Å². The summed E-state index contributed by atoms with van der Waals surface area (Å²) >= 11 is 0. The van der Waals surface area contributed by atoms with Crippen LogP contribution in [-0.4, -0.2) is 36.6 Å². The maximum atomic E-state index is 9.97. The average molecular weight is 275 g/mol. The third-order valence-electron chi connectivity index (χ3n) is 4.07. The van der Waals surface area contributed by atoms with E-state index >= 15 is 0 Å². The van der Waals surface area contributed by atoms with E-state index in [4.69, 9.17) is 0 Å².